The van der Waals surface area contributed by atoms with Crippen LogP contribution in [0.2, 0.25) is 0 Å². The van der Waals surface area contributed by atoms with Gasteiger partial charge in [-0.2, -0.15) is 11.3 Å². The topological polar surface area (TPSA) is 26.0 Å². The van der Waals surface area contributed by atoms with Crippen molar-refractivity contribution in [3.63, 3.8) is 0 Å². The molecule has 0 spiro atoms. The first kappa shape index (κ1) is 16.8. The first-order chi connectivity index (χ1) is 10.2. The molecule has 0 aliphatic carbocycles. The number of aromatic nitrogens is 1. The molecule has 0 bridgehead atoms. The first-order valence-electron chi connectivity index (χ1n) is 7.55. The van der Waals surface area contributed by atoms with E-state index < -0.39 is 0 Å². The fourth-order valence-corrected chi connectivity index (χ4v) is 2.64. The third-order valence-electron chi connectivity index (χ3n) is 3.53. The largest absolute Gasteiger partial charge is 0.443 e. The highest BCUT2D eigenvalue weighted by Crippen LogP contribution is 2.34. The number of hydrogen-bond acceptors (Lipinski definition) is 3. The van der Waals surface area contributed by atoms with Crippen LogP contribution in [0.25, 0.3) is 11.1 Å². The molecule has 0 fully saturated rings. The van der Waals surface area contributed by atoms with E-state index in [9.17, 15) is 0 Å². The summed E-state index contributed by atoms with van der Waals surface area (Å²) >= 11 is 1.71. The summed E-state index contributed by atoms with van der Waals surface area (Å²) in [5, 5.41) is 4.08. The van der Waals surface area contributed by atoms with Crippen molar-refractivity contribution in [3.05, 3.63) is 52.5 Å². The number of rotatable bonds is 0. The van der Waals surface area contributed by atoms with Crippen molar-refractivity contribution >= 4 is 22.4 Å². The quantitative estimate of drug-likeness (QED) is 0.495. The smallest absolute Gasteiger partial charge is 0.181 e. The molecule has 22 heavy (non-hydrogen) atoms. The molecule has 0 radical (unpaired) electrons. The first-order valence-corrected chi connectivity index (χ1v) is 8.49. The highest BCUT2D eigenvalue weighted by Gasteiger charge is 2.24. The van der Waals surface area contributed by atoms with Crippen molar-refractivity contribution in [2.75, 3.05) is 0 Å². The molecule has 0 N–H and O–H groups in total. The molecule has 2 nitrogen and oxygen atoms in total. The van der Waals surface area contributed by atoms with Crippen molar-refractivity contribution in [2.45, 2.75) is 52.4 Å². The molecule has 3 heteroatoms. The monoisotopic (exact) mass is 315 g/mol. The molecule has 1 aromatic carbocycles. The number of thiophene rings is 1. The number of fused-ring (bicyclic) bond motifs is 1. The Balaban J connectivity index is 0.000000299. The minimum Gasteiger partial charge on any atom is -0.443 e. The lowest BCUT2D eigenvalue weighted by molar-refractivity contribution is 0.547. The van der Waals surface area contributed by atoms with Crippen LogP contribution in [0, 0.1) is 0 Å². The molecule has 0 aliphatic rings. The zero-order valence-electron chi connectivity index (χ0n) is 14.3. The number of nitrogens with zero attached hydrogens (tertiary/aromatic N) is 1. The molecule has 3 aromatic rings. The lowest BCUT2D eigenvalue weighted by Gasteiger charge is -2.24. The number of benzene rings is 1. The summed E-state index contributed by atoms with van der Waals surface area (Å²) in [7, 11) is 0. The molecule has 0 atom stereocenters. The van der Waals surface area contributed by atoms with Crippen LogP contribution in [0.15, 0.2) is 45.8 Å². The van der Waals surface area contributed by atoms with Crippen molar-refractivity contribution < 1.29 is 4.42 Å². The van der Waals surface area contributed by atoms with E-state index in [0.717, 1.165) is 11.1 Å². The molecule has 0 saturated carbocycles. The molecular weight excluding hydrogens is 290 g/mol. The summed E-state index contributed by atoms with van der Waals surface area (Å²) in [6.45, 7) is 13.3. The maximum atomic E-state index is 5.53. The van der Waals surface area contributed by atoms with E-state index in [1.54, 1.807) is 11.3 Å². The third kappa shape index (κ3) is 3.98. The van der Waals surface area contributed by atoms with Crippen LogP contribution >= 0.6 is 11.3 Å². The maximum absolute atomic E-state index is 5.53. The van der Waals surface area contributed by atoms with Crippen LogP contribution < -0.4 is 0 Å². The van der Waals surface area contributed by atoms with Crippen LogP contribution in [0.3, 0.4) is 0 Å². The van der Waals surface area contributed by atoms with Gasteiger partial charge in [0.2, 0.25) is 0 Å². The third-order valence-corrected chi connectivity index (χ3v) is 4.16. The van der Waals surface area contributed by atoms with Crippen molar-refractivity contribution in [1.82, 2.24) is 4.98 Å². The second kappa shape index (κ2) is 6.25. The summed E-state index contributed by atoms with van der Waals surface area (Å²) < 4.78 is 5.53. The van der Waals surface area contributed by atoms with Gasteiger partial charge in [-0.3, -0.25) is 0 Å². The summed E-state index contributed by atoms with van der Waals surface area (Å²) in [4.78, 5) is 4.30. The predicted molar refractivity (Wildman–Crippen MR) is 95.7 cm³/mol. The van der Waals surface area contributed by atoms with Gasteiger partial charge in [0.15, 0.2) is 12.0 Å². The lowest BCUT2D eigenvalue weighted by Crippen LogP contribution is -2.16. The van der Waals surface area contributed by atoms with Gasteiger partial charge < -0.3 is 4.42 Å². The standard InChI is InChI=1S/C15H21NO.C4H4S/c1-14(2,3)10-7-11(15(4,5)6)13-12(8-10)16-9-17-13;1-2-4-5-3-1/h7-9H,1-6H3;1-4H. The number of hydrogen-bond donors (Lipinski definition) is 0. The Kier molecular flexibility index (Phi) is 4.76. The Hall–Kier alpha value is -1.61. The van der Waals surface area contributed by atoms with Crippen molar-refractivity contribution in [3.8, 4) is 0 Å². The fraction of sp³-hybridized carbons (Fsp3) is 0.421. The van der Waals surface area contributed by atoms with Crippen LogP contribution in [0.4, 0.5) is 0 Å². The second-order valence-corrected chi connectivity index (χ2v) is 8.33. The molecular formula is C19H25NOS. The molecule has 2 aromatic heterocycles. The van der Waals surface area contributed by atoms with E-state index in [1.165, 1.54) is 17.5 Å². The van der Waals surface area contributed by atoms with Crippen molar-refractivity contribution in [2.24, 2.45) is 0 Å². The van der Waals surface area contributed by atoms with Gasteiger partial charge in [0.1, 0.15) is 5.52 Å². The molecule has 0 amide bonds. The Morgan fingerprint density at radius 2 is 1.55 bits per heavy atom. The van der Waals surface area contributed by atoms with E-state index >= 15 is 0 Å². The van der Waals surface area contributed by atoms with Gasteiger partial charge in [0, 0.05) is 5.56 Å². The Morgan fingerprint density at radius 3 is 2.00 bits per heavy atom. The van der Waals surface area contributed by atoms with Crippen LogP contribution in [-0.4, -0.2) is 4.98 Å². The summed E-state index contributed by atoms with van der Waals surface area (Å²) in [6.07, 6.45) is 1.53. The maximum Gasteiger partial charge on any atom is 0.181 e. The van der Waals surface area contributed by atoms with E-state index in [2.05, 4.69) is 58.7 Å². The van der Waals surface area contributed by atoms with Gasteiger partial charge in [-0.25, -0.2) is 4.98 Å². The van der Waals surface area contributed by atoms with Crippen LogP contribution in [-0.2, 0) is 10.8 Å². The fourth-order valence-electron chi connectivity index (χ4n) is 2.19. The predicted octanol–water partition coefficient (Wildman–Crippen LogP) is 6.17. The van der Waals surface area contributed by atoms with Crippen molar-refractivity contribution in [1.29, 1.82) is 0 Å². The van der Waals surface area contributed by atoms with Gasteiger partial charge in [0.25, 0.3) is 0 Å². The molecule has 0 unspecified atom stereocenters. The highest BCUT2D eigenvalue weighted by molar-refractivity contribution is 7.07. The minimum absolute atomic E-state index is 0.0685. The molecule has 118 valence electrons. The lowest BCUT2D eigenvalue weighted by atomic mass is 9.80. The van der Waals surface area contributed by atoms with Gasteiger partial charge >= 0.3 is 0 Å². The summed E-state index contributed by atoms with van der Waals surface area (Å²) in [5.41, 5.74) is 4.63. The zero-order valence-corrected chi connectivity index (χ0v) is 15.1. The molecule has 0 saturated heterocycles. The SMILES string of the molecule is CC(C)(C)c1cc(C(C)(C)C)c2ocnc2c1.c1ccsc1. The van der Waals surface area contributed by atoms with Gasteiger partial charge in [0.05, 0.1) is 0 Å². The molecule has 0 aliphatic heterocycles. The van der Waals surface area contributed by atoms with E-state index in [4.69, 9.17) is 4.42 Å². The zero-order chi connectivity index (χ0) is 16.4. The molecule has 3 rings (SSSR count). The second-order valence-electron chi connectivity index (χ2n) is 7.52. The molecule has 2 heterocycles. The van der Waals surface area contributed by atoms with Crippen LogP contribution in [0.1, 0.15) is 52.7 Å². The Labute approximate surface area is 137 Å². The van der Waals surface area contributed by atoms with Gasteiger partial charge in [-0.05, 0) is 33.2 Å². The van der Waals surface area contributed by atoms with Gasteiger partial charge in [-0.15, -0.1) is 0 Å². The van der Waals surface area contributed by atoms with Crippen LogP contribution in [0.5, 0.6) is 0 Å². The number of oxazole rings is 1. The highest BCUT2D eigenvalue weighted by atomic mass is 32.1. The summed E-state index contributed by atoms with van der Waals surface area (Å²) in [6, 6.07) is 8.43. The normalized spacial score (nSPS) is 12.1. The Bertz CT molecular complexity index is 695. The minimum atomic E-state index is 0.0685. The van der Waals surface area contributed by atoms with E-state index in [0.29, 0.717) is 0 Å². The van der Waals surface area contributed by atoms with Gasteiger partial charge in [-0.1, -0.05) is 59.7 Å². The summed E-state index contributed by atoms with van der Waals surface area (Å²) in [5.74, 6) is 0. The average Bonchev–Trinajstić information content (AvgIpc) is 3.09. The average molecular weight is 315 g/mol. The Morgan fingerprint density at radius 1 is 0.909 bits per heavy atom. The van der Waals surface area contributed by atoms with E-state index in [-0.39, 0.29) is 10.8 Å². The van der Waals surface area contributed by atoms with E-state index in [1.807, 2.05) is 22.9 Å².